The molecular formula is C18H24FNO3. The van der Waals surface area contributed by atoms with E-state index in [2.05, 4.69) is 0 Å². The van der Waals surface area contributed by atoms with Gasteiger partial charge in [-0.1, -0.05) is 18.2 Å². The van der Waals surface area contributed by atoms with E-state index < -0.39 is 0 Å². The van der Waals surface area contributed by atoms with Crippen molar-refractivity contribution in [2.24, 2.45) is 5.41 Å². The molecule has 0 spiro atoms. The monoisotopic (exact) mass is 321 g/mol. The molecule has 0 radical (unpaired) electrons. The van der Waals surface area contributed by atoms with Crippen LogP contribution in [0, 0.1) is 11.2 Å². The van der Waals surface area contributed by atoms with Crippen LogP contribution >= 0.6 is 0 Å². The van der Waals surface area contributed by atoms with Gasteiger partial charge < -0.3 is 14.4 Å². The van der Waals surface area contributed by atoms with Crippen LogP contribution in [0.5, 0.6) is 0 Å². The Bertz CT molecular complexity index is 561. The van der Waals surface area contributed by atoms with Gasteiger partial charge >= 0.3 is 0 Å². The van der Waals surface area contributed by atoms with Gasteiger partial charge in [0.05, 0.1) is 19.1 Å². The number of carbonyl (C=O) groups excluding carboxylic acids is 1. The Hall–Kier alpha value is -1.46. The number of halogens is 1. The van der Waals surface area contributed by atoms with Gasteiger partial charge in [0.2, 0.25) is 5.91 Å². The summed E-state index contributed by atoms with van der Waals surface area (Å²) in [5.41, 5.74) is 0.344. The molecule has 126 valence electrons. The van der Waals surface area contributed by atoms with E-state index in [0.717, 1.165) is 25.9 Å². The van der Waals surface area contributed by atoms with Crippen molar-refractivity contribution in [2.75, 3.05) is 33.4 Å². The molecule has 3 rings (SSSR count). The number of ether oxygens (including phenoxy) is 2. The van der Waals surface area contributed by atoms with E-state index in [4.69, 9.17) is 9.47 Å². The number of hydrogen-bond acceptors (Lipinski definition) is 3. The maximum absolute atomic E-state index is 13.8. The van der Waals surface area contributed by atoms with Gasteiger partial charge in [-0.3, -0.25) is 4.79 Å². The summed E-state index contributed by atoms with van der Waals surface area (Å²) in [7, 11) is 1.69. The van der Waals surface area contributed by atoms with Crippen molar-refractivity contribution in [1.29, 1.82) is 0 Å². The maximum atomic E-state index is 13.8. The molecule has 1 aromatic rings. The fraction of sp³-hybridized carbons (Fsp3) is 0.611. The van der Waals surface area contributed by atoms with Crippen molar-refractivity contribution in [3.63, 3.8) is 0 Å². The zero-order valence-electron chi connectivity index (χ0n) is 13.6. The van der Waals surface area contributed by atoms with Crippen LogP contribution in [0.4, 0.5) is 4.39 Å². The highest BCUT2D eigenvalue weighted by atomic mass is 19.1. The van der Waals surface area contributed by atoms with Crippen LogP contribution in [0.25, 0.3) is 0 Å². The van der Waals surface area contributed by atoms with Crippen molar-refractivity contribution >= 4 is 5.91 Å². The van der Waals surface area contributed by atoms with Crippen LogP contribution in [0.1, 0.15) is 24.8 Å². The summed E-state index contributed by atoms with van der Waals surface area (Å²) in [6, 6.07) is 6.48. The number of benzene rings is 1. The Morgan fingerprint density at radius 1 is 1.48 bits per heavy atom. The van der Waals surface area contributed by atoms with E-state index >= 15 is 0 Å². The van der Waals surface area contributed by atoms with E-state index in [9.17, 15) is 9.18 Å². The maximum Gasteiger partial charge on any atom is 0.227 e. The summed E-state index contributed by atoms with van der Waals surface area (Å²) < 4.78 is 25.1. The standard InChI is InChI=1S/C18H24FNO3/c1-22-13-18-8-4-10-23-16(18)7-9-20(12-18)17(21)11-14-5-2-3-6-15(14)19/h2-3,5-6,16H,4,7-13H2,1H3/t16-,18-/m1/s1. The summed E-state index contributed by atoms with van der Waals surface area (Å²) in [5.74, 6) is -0.335. The molecule has 2 saturated heterocycles. The number of carbonyl (C=O) groups is 1. The van der Waals surface area contributed by atoms with Crippen molar-refractivity contribution in [3.05, 3.63) is 35.6 Å². The second-order valence-corrected chi connectivity index (χ2v) is 6.63. The molecule has 0 saturated carbocycles. The zero-order chi connectivity index (χ0) is 16.3. The predicted molar refractivity (Wildman–Crippen MR) is 84.6 cm³/mol. The lowest BCUT2D eigenvalue weighted by atomic mass is 9.73. The molecule has 2 heterocycles. The van der Waals surface area contributed by atoms with Crippen LogP contribution in [-0.2, 0) is 20.7 Å². The number of rotatable bonds is 4. The second-order valence-electron chi connectivity index (χ2n) is 6.63. The third-order valence-electron chi connectivity index (χ3n) is 5.07. The van der Waals surface area contributed by atoms with Gasteiger partial charge in [0.1, 0.15) is 5.82 Å². The van der Waals surface area contributed by atoms with E-state index in [1.54, 1.807) is 25.3 Å². The number of piperidine rings is 1. The summed E-state index contributed by atoms with van der Waals surface area (Å²) >= 11 is 0. The molecule has 1 aromatic carbocycles. The number of hydrogen-bond donors (Lipinski definition) is 0. The fourth-order valence-electron chi connectivity index (χ4n) is 3.92. The molecule has 0 aliphatic carbocycles. The molecule has 0 bridgehead atoms. The van der Waals surface area contributed by atoms with Gasteiger partial charge in [-0.25, -0.2) is 4.39 Å². The number of methoxy groups -OCH3 is 1. The first-order chi connectivity index (χ1) is 11.1. The largest absolute Gasteiger partial charge is 0.384 e. The number of fused-ring (bicyclic) bond motifs is 1. The number of nitrogens with zero attached hydrogens (tertiary/aromatic N) is 1. The average molecular weight is 321 g/mol. The quantitative estimate of drug-likeness (QED) is 0.855. The lowest BCUT2D eigenvalue weighted by Crippen LogP contribution is -2.58. The van der Waals surface area contributed by atoms with E-state index in [-0.39, 0.29) is 29.7 Å². The SMILES string of the molecule is COC[C@]12CCCO[C@@H]1CCN(C(=O)Cc1ccccc1F)C2. The van der Waals surface area contributed by atoms with Gasteiger partial charge in [-0.2, -0.15) is 0 Å². The molecular weight excluding hydrogens is 297 g/mol. The van der Waals surface area contributed by atoms with Gasteiger partial charge in [-0.15, -0.1) is 0 Å². The Kier molecular flexibility index (Phi) is 4.97. The highest BCUT2D eigenvalue weighted by Gasteiger charge is 2.46. The second kappa shape index (κ2) is 6.97. The Morgan fingerprint density at radius 2 is 2.30 bits per heavy atom. The topological polar surface area (TPSA) is 38.8 Å². The molecule has 5 heteroatoms. The van der Waals surface area contributed by atoms with Gasteiger partial charge in [0.25, 0.3) is 0 Å². The lowest BCUT2D eigenvalue weighted by molar-refractivity contribution is -0.161. The lowest BCUT2D eigenvalue weighted by Gasteiger charge is -2.50. The molecule has 0 N–H and O–H groups in total. The molecule has 2 atom stereocenters. The van der Waals surface area contributed by atoms with Crippen LogP contribution in [0.2, 0.25) is 0 Å². The molecule has 0 aromatic heterocycles. The summed E-state index contributed by atoms with van der Waals surface area (Å²) in [6.07, 6.45) is 3.10. The third kappa shape index (κ3) is 3.40. The third-order valence-corrected chi connectivity index (χ3v) is 5.07. The van der Waals surface area contributed by atoms with Crippen molar-refractivity contribution < 1.29 is 18.7 Å². The van der Waals surface area contributed by atoms with Gasteiger partial charge in [0, 0.05) is 32.2 Å². The molecule has 2 aliphatic rings. The Morgan fingerprint density at radius 3 is 3.09 bits per heavy atom. The summed E-state index contributed by atoms with van der Waals surface area (Å²) in [4.78, 5) is 14.5. The van der Waals surface area contributed by atoms with E-state index in [0.29, 0.717) is 25.3 Å². The first kappa shape index (κ1) is 16.4. The van der Waals surface area contributed by atoms with Crippen LogP contribution in [0.15, 0.2) is 24.3 Å². The Balaban J connectivity index is 1.71. The summed E-state index contributed by atoms with van der Waals surface area (Å²) in [6.45, 7) is 2.70. The van der Waals surface area contributed by atoms with Crippen molar-refractivity contribution in [1.82, 2.24) is 4.90 Å². The van der Waals surface area contributed by atoms with Gasteiger partial charge in [0.15, 0.2) is 0 Å². The molecule has 4 nitrogen and oxygen atoms in total. The highest BCUT2D eigenvalue weighted by molar-refractivity contribution is 5.79. The van der Waals surface area contributed by atoms with Crippen LogP contribution in [0.3, 0.4) is 0 Å². The Labute approximate surface area is 136 Å². The van der Waals surface area contributed by atoms with E-state index in [1.165, 1.54) is 6.07 Å². The molecule has 2 aliphatic heterocycles. The van der Waals surface area contributed by atoms with E-state index in [1.807, 2.05) is 4.90 Å². The molecule has 0 unspecified atom stereocenters. The van der Waals surface area contributed by atoms with Crippen molar-refractivity contribution in [2.45, 2.75) is 31.8 Å². The molecule has 23 heavy (non-hydrogen) atoms. The minimum atomic E-state index is -0.316. The van der Waals surface area contributed by atoms with Crippen LogP contribution in [-0.4, -0.2) is 50.3 Å². The van der Waals surface area contributed by atoms with Crippen LogP contribution < -0.4 is 0 Å². The van der Waals surface area contributed by atoms with Crippen molar-refractivity contribution in [3.8, 4) is 0 Å². The minimum Gasteiger partial charge on any atom is -0.384 e. The average Bonchev–Trinajstić information content (AvgIpc) is 2.56. The first-order valence-corrected chi connectivity index (χ1v) is 8.26. The first-order valence-electron chi connectivity index (χ1n) is 8.26. The summed E-state index contributed by atoms with van der Waals surface area (Å²) in [5, 5.41) is 0. The minimum absolute atomic E-state index is 0.0189. The number of amides is 1. The normalized spacial score (nSPS) is 27.6. The molecule has 2 fully saturated rings. The fourth-order valence-corrected chi connectivity index (χ4v) is 3.92. The number of likely N-dealkylation sites (tertiary alicyclic amines) is 1. The highest BCUT2D eigenvalue weighted by Crippen LogP contribution is 2.40. The smallest absolute Gasteiger partial charge is 0.227 e. The zero-order valence-corrected chi connectivity index (χ0v) is 13.6. The molecule has 1 amide bonds. The van der Waals surface area contributed by atoms with Gasteiger partial charge in [-0.05, 0) is 30.9 Å². The predicted octanol–water partition coefficient (Wildman–Crippen LogP) is 2.41.